The van der Waals surface area contributed by atoms with Crippen LogP contribution in [-0.2, 0) is 17.8 Å². The average molecular weight is 429 g/mol. The Morgan fingerprint density at radius 1 is 1.19 bits per heavy atom. The number of nitrogens with zero attached hydrogens (tertiary/aromatic N) is 2. The lowest BCUT2D eigenvalue weighted by atomic mass is 10.1. The summed E-state index contributed by atoms with van der Waals surface area (Å²) in [7, 11) is 5.37. The number of halogens is 1. The Bertz CT molecular complexity index is 895. The third-order valence-corrected chi connectivity index (χ3v) is 5.34. The normalized spacial score (nSPS) is 16.3. The van der Waals surface area contributed by atoms with Gasteiger partial charge in [-0.05, 0) is 42.7 Å². The van der Waals surface area contributed by atoms with E-state index in [0.29, 0.717) is 37.3 Å². The lowest BCUT2D eigenvalue weighted by molar-refractivity contribution is 0.166. The van der Waals surface area contributed by atoms with E-state index in [9.17, 15) is 4.39 Å². The van der Waals surface area contributed by atoms with Crippen LogP contribution in [0.15, 0.2) is 41.4 Å². The SMILES string of the molecule is CN=C(NCc1ccc(N(C)C)c(F)c1)NCc1ccc(C)cc1OCC1CCOC1. The molecule has 0 spiro atoms. The Morgan fingerprint density at radius 2 is 2.00 bits per heavy atom. The number of aryl methyl sites for hydroxylation is 1. The van der Waals surface area contributed by atoms with Gasteiger partial charge in [-0.3, -0.25) is 4.99 Å². The van der Waals surface area contributed by atoms with Gasteiger partial charge < -0.3 is 25.0 Å². The fourth-order valence-electron chi connectivity index (χ4n) is 3.47. The van der Waals surface area contributed by atoms with Crippen molar-refractivity contribution in [3.63, 3.8) is 0 Å². The van der Waals surface area contributed by atoms with Gasteiger partial charge >= 0.3 is 0 Å². The lowest BCUT2D eigenvalue weighted by Crippen LogP contribution is -2.36. The van der Waals surface area contributed by atoms with Gasteiger partial charge in [0.15, 0.2) is 5.96 Å². The van der Waals surface area contributed by atoms with Crippen molar-refractivity contribution in [2.45, 2.75) is 26.4 Å². The van der Waals surface area contributed by atoms with E-state index in [4.69, 9.17) is 9.47 Å². The minimum Gasteiger partial charge on any atom is -0.493 e. The molecule has 168 valence electrons. The van der Waals surface area contributed by atoms with Gasteiger partial charge in [0.05, 0.1) is 18.9 Å². The maximum atomic E-state index is 14.2. The van der Waals surface area contributed by atoms with Gasteiger partial charge in [-0.15, -0.1) is 0 Å². The second kappa shape index (κ2) is 11.0. The van der Waals surface area contributed by atoms with Crippen molar-refractivity contribution in [3.8, 4) is 5.75 Å². The third kappa shape index (κ3) is 6.59. The molecule has 1 aliphatic heterocycles. The quantitative estimate of drug-likeness (QED) is 0.498. The molecule has 2 aromatic rings. The van der Waals surface area contributed by atoms with Crippen LogP contribution in [0.4, 0.5) is 10.1 Å². The van der Waals surface area contributed by atoms with E-state index in [-0.39, 0.29) is 5.82 Å². The van der Waals surface area contributed by atoms with Crippen LogP contribution in [0, 0.1) is 18.7 Å². The highest BCUT2D eigenvalue weighted by Crippen LogP contribution is 2.23. The first-order chi connectivity index (χ1) is 15.0. The van der Waals surface area contributed by atoms with E-state index in [1.165, 1.54) is 0 Å². The Morgan fingerprint density at radius 3 is 2.68 bits per heavy atom. The molecule has 0 bridgehead atoms. The summed E-state index contributed by atoms with van der Waals surface area (Å²) >= 11 is 0. The molecule has 0 aliphatic carbocycles. The maximum absolute atomic E-state index is 14.2. The molecule has 31 heavy (non-hydrogen) atoms. The predicted octanol–water partition coefficient (Wildman–Crippen LogP) is 3.48. The van der Waals surface area contributed by atoms with Crippen molar-refractivity contribution in [2.24, 2.45) is 10.9 Å². The summed E-state index contributed by atoms with van der Waals surface area (Å²) in [6.45, 7) is 5.36. The number of nitrogens with one attached hydrogen (secondary N) is 2. The maximum Gasteiger partial charge on any atom is 0.191 e. The third-order valence-electron chi connectivity index (χ3n) is 5.34. The predicted molar refractivity (Wildman–Crippen MR) is 123 cm³/mol. The minimum absolute atomic E-state index is 0.235. The van der Waals surface area contributed by atoms with Crippen LogP contribution in [0.2, 0.25) is 0 Å². The molecule has 0 radical (unpaired) electrons. The molecular formula is C24H33FN4O2. The van der Waals surface area contributed by atoms with E-state index < -0.39 is 0 Å². The lowest BCUT2D eigenvalue weighted by Gasteiger charge is -2.17. The van der Waals surface area contributed by atoms with Crippen LogP contribution < -0.4 is 20.3 Å². The number of guanidine groups is 1. The van der Waals surface area contributed by atoms with Gasteiger partial charge in [-0.25, -0.2) is 4.39 Å². The molecule has 0 saturated carbocycles. The molecule has 1 atom stereocenters. The monoisotopic (exact) mass is 428 g/mol. The zero-order valence-electron chi connectivity index (χ0n) is 18.9. The highest BCUT2D eigenvalue weighted by molar-refractivity contribution is 5.79. The summed E-state index contributed by atoms with van der Waals surface area (Å²) in [5.74, 6) is 1.75. The topological polar surface area (TPSA) is 58.1 Å². The van der Waals surface area contributed by atoms with E-state index in [2.05, 4.69) is 40.7 Å². The molecule has 6 nitrogen and oxygen atoms in total. The fourth-order valence-corrected chi connectivity index (χ4v) is 3.47. The molecule has 0 amide bonds. The molecule has 1 aliphatic rings. The number of aliphatic imine (C=N–C) groups is 1. The van der Waals surface area contributed by atoms with Crippen LogP contribution in [0.5, 0.6) is 5.75 Å². The summed E-state index contributed by atoms with van der Waals surface area (Å²) in [6.07, 6.45) is 1.05. The first-order valence-corrected chi connectivity index (χ1v) is 10.7. The summed E-state index contributed by atoms with van der Waals surface area (Å²) in [5.41, 5.74) is 3.65. The fraction of sp³-hybridized carbons (Fsp3) is 0.458. The first kappa shape index (κ1) is 22.9. The van der Waals surface area contributed by atoms with E-state index in [1.807, 2.05) is 20.2 Å². The Hall–Kier alpha value is -2.80. The molecular weight excluding hydrogens is 395 g/mol. The highest BCUT2D eigenvalue weighted by Gasteiger charge is 2.17. The zero-order valence-corrected chi connectivity index (χ0v) is 18.9. The van der Waals surface area contributed by atoms with Crippen molar-refractivity contribution in [3.05, 3.63) is 58.9 Å². The van der Waals surface area contributed by atoms with E-state index in [1.54, 1.807) is 24.1 Å². The summed E-state index contributed by atoms with van der Waals surface area (Å²) in [6, 6.07) is 11.5. The second-order valence-corrected chi connectivity index (χ2v) is 8.11. The Kier molecular flexibility index (Phi) is 8.12. The first-order valence-electron chi connectivity index (χ1n) is 10.7. The molecule has 0 aromatic heterocycles. The number of hydrogen-bond acceptors (Lipinski definition) is 4. The van der Waals surface area contributed by atoms with Gasteiger partial charge in [-0.2, -0.15) is 0 Å². The molecule has 1 unspecified atom stereocenters. The van der Waals surface area contributed by atoms with E-state index >= 15 is 0 Å². The van der Waals surface area contributed by atoms with Gasteiger partial charge in [0, 0.05) is 52.3 Å². The Balaban J connectivity index is 1.56. The van der Waals surface area contributed by atoms with Gasteiger partial charge in [0.2, 0.25) is 0 Å². The summed E-state index contributed by atoms with van der Waals surface area (Å²) in [5, 5.41) is 6.56. The summed E-state index contributed by atoms with van der Waals surface area (Å²) < 4.78 is 25.8. The van der Waals surface area contributed by atoms with Crippen LogP contribution in [0.25, 0.3) is 0 Å². The zero-order chi connectivity index (χ0) is 22.2. The van der Waals surface area contributed by atoms with Crippen molar-refractivity contribution >= 4 is 11.6 Å². The smallest absolute Gasteiger partial charge is 0.191 e. The highest BCUT2D eigenvalue weighted by atomic mass is 19.1. The van der Waals surface area contributed by atoms with Crippen LogP contribution in [0.3, 0.4) is 0 Å². The van der Waals surface area contributed by atoms with Crippen molar-refractivity contribution in [2.75, 3.05) is 45.9 Å². The minimum atomic E-state index is -0.235. The molecule has 2 aromatic carbocycles. The van der Waals surface area contributed by atoms with Crippen LogP contribution >= 0.6 is 0 Å². The molecule has 1 fully saturated rings. The second-order valence-electron chi connectivity index (χ2n) is 8.11. The van der Waals surface area contributed by atoms with Crippen molar-refractivity contribution in [1.82, 2.24) is 10.6 Å². The standard InChI is InChI=1S/C24H33FN4O2/c1-17-5-7-20(23(11-17)31-16-19-9-10-30-15-19)14-28-24(26-2)27-13-18-6-8-22(29(3)4)21(25)12-18/h5-8,11-12,19H,9-10,13-16H2,1-4H3,(H2,26,27,28). The average Bonchev–Trinajstić information content (AvgIpc) is 3.27. The largest absolute Gasteiger partial charge is 0.493 e. The molecule has 2 N–H and O–H groups in total. The molecule has 3 rings (SSSR count). The van der Waals surface area contributed by atoms with Gasteiger partial charge in [0.1, 0.15) is 11.6 Å². The van der Waals surface area contributed by atoms with E-state index in [0.717, 1.165) is 42.1 Å². The van der Waals surface area contributed by atoms with Crippen molar-refractivity contribution < 1.29 is 13.9 Å². The van der Waals surface area contributed by atoms with Gasteiger partial charge in [-0.1, -0.05) is 18.2 Å². The number of rotatable bonds is 8. The number of anilines is 1. The van der Waals surface area contributed by atoms with Crippen LogP contribution in [-0.4, -0.2) is 46.9 Å². The van der Waals surface area contributed by atoms with Crippen LogP contribution in [0.1, 0.15) is 23.1 Å². The number of hydrogen-bond donors (Lipinski definition) is 2. The Labute approximate surface area is 184 Å². The number of benzene rings is 2. The molecule has 1 heterocycles. The number of ether oxygens (including phenoxy) is 2. The van der Waals surface area contributed by atoms with Gasteiger partial charge in [0.25, 0.3) is 0 Å². The molecule has 1 saturated heterocycles. The molecule has 7 heteroatoms. The van der Waals surface area contributed by atoms with Crippen molar-refractivity contribution in [1.29, 1.82) is 0 Å². The summed E-state index contributed by atoms with van der Waals surface area (Å²) in [4.78, 5) is 6.04.